The highest BCUT2D eigenvalue weighted by Gasteiger charge is 2.36. The van der Waals surface area contributed by atoms with Crippen LogP contribution in [0.4, 0.5) is 5.69 Å². The molecule has 0 amide bonds. The van der Waals surface area contributed by atoms with Crippen LogP contribution in [0.15, 0.2) is 18.2 Å². The Hall–Kier alpha value is -1.58. The minimum atomic E-state index is -3.17. The lowest BCUT2D eigenvalue weighted by atomic mass is 10.1. The van der Waals surface area contributed by atoms with E-state index in [-0.39, 0.29) is 11.5 Å². The Morgan fingerprint density at radius 2 is 2.17 bits per heavy atom. The predicted octanol–water partition coefficient (Wildman–Crippen LogP) is 0.436. The summed E-state index contributed by atoms with van der Waals surface area (Å²) in [5.41, 5.74) is 2.10. The normalized spacial score (nSPS) is 25.6. The fourth-order valence-electron chi connectivity index (χ4n) is 2.01. The number of aliphatic hydroxyl groups excluding tert-OH is 1. The molecule has 1 fully saturated rings. The molecule has 1 heterocycles. The zero-order valence-electron chi connectivity index (χ0n) is 9.92. The average Bonchev–Trinajstić information content (AvgIpc) is 2.55. The van der Waals surface area contributed by atoms with Gasteiger partial charge in [-0.2, -0.15) is 5.26 Å². The summed E-state index contributed by atoms with van der Waals surface area (Å²) in [6.07, 6.45) is -0.903. The standard InChI is InChI=1S/C12H14N2O3S/c1-8-2-3-9(5-13)4-10(8)14-11-6-18(16,17)7-12(11)15/h2-4,11-12,14-15H,6-7H2,1H3. The summed E-state index contributed by atoms with van der Waals surface area (Å²) in [6.45, 7) is 1.86. The van der Waals surface area contributed by atoms with Gasteiger partial charge in [-0.25, -0.2) is 8.42 Å². The van der Waals surface area contributed by atoms with Crippen LogP contribution in [0.3, 0.4) is 0 Å². The van der Waals surface area contributed by atoms with Crippen molar-refractivity contribution in [2.45, 2.75) is 19.1 Å². The van der Waals surface area contributed by atoms with Crippen molar-refractivity contribution in [3.05, 3.63) is 29.3 Å². The number of nitrogens with zero attached hydrogens (tertiary/aromatic N) is 1. The quantitative estimate of drug-likeness (QED) is 0.810. The van der Waals surface area contributed by atoms with Crippen LogP contribution in [0, 0.1) is 18.3 Å². The Labute approximate surface area is 106 Å². The van der Waals surface area contributed by atoms with Gasteiger partial charge in [-0.1, -0.05) is 6.07 Å². The zero-order chi connectivity index (χ0) is 13.3. The van der Waals surface area contributed by atoms with E-state index >= 15 is 0 Å². The van der Waals surface area contributed by atoms with E-state index in [9.17, 15) is 13.5 Å². The molecule has 0 bridgehead atoms. The molecule has 0 aliphatic carbocycles. The molecule has 2 unspecified atom stereocenters. The Kier molecular flexibility index (Phi) is 3.28. The smallest absolute Gasteiger partial charge is 0.155 e. The lowest BCUT2D eigenvalue weighted by Crippen LogP contribution is -2.32. The molecule has 0 aromatic heterocycles. The fourth-order valence-corrected chi connectivity index (χ4v) is 3.76. The molecule has 5 nitrogen and oxygen atoms in total. The highest BCUT2D eigenvalue weighted by molar-refractivity contribution is 7.91. The molecule has 1 aromatic rings. The van der Waals surface area contributed by atoms with Crippen molar-refractivity contribution < 1.29 is 13.5 Å². The third kappa shape index (κ3) is 2.63. The van der Waals surface area contributed by atoms with E-state index in [0.717, 1.165) is 5.56 Å². The molecule has 96 valence electrons. The molecule has 1 aliphatic rings. The first-order valence-corrected chi connectivity index (χ1v) is 7.39. The van der Waals surface area contributed by atoms with E-state index in [4.69, 9.17) is 5.26 Å². The van der Waals surface area contributed by atoms with Gasteiger partial charge in [0.15, 0.2) is 9.84 Å². The zero-order valence-corrected chi connectivity index (χ0v) is 10.7. The van der Waals surface area contributed by atoms with E-state index in [1.807, 2.05) is 13.0 Å². The summed E-state index contributed by atoms with van der Waals surface area (Å²) in [7, 11) is -3.17. The number of nitrogens with one attached hydrogen (secondary N) is 1. The summed E-state index contributed by atoms with van der Waals surface area (Å²) in [4.78, 5) is 0. The molecule has 0 saturated carbocycles. The summed E-state index contributed by atoms with van der Waals surface area (Å²) < 4.78 is 22.8. The van der Waals surface area contributed by atoms with E-state index in [1.54, 1.807) is 18.2 Å². The molecule has 6 heteroatoms. The second kappa shape index (κ2) is 4.59. The maximum atomic E-state index is 11.4. The average molecular weight is 266 g/mol. The number of aryl methyl sites for hydroxylation is 1. The maximum absolute atomic E-state index is 11.4. The largest absolute Gasteiger partial charge is 0.390 e. The van der Waals surface area contributed by atoms with Gasteiger partial charge in [0.1, 0.15) is 0 Å². The first-order chi connectivity index (χ1) is 8.41. The van der Waals surface area contributed by atoms with Gasteiger partial charge in [0.2, 0.25) is 0 Å². The minimum Gasteiger partial charge on any atom is -0.390 e. The topological polar surface area (TPSA) is 90.2 Å². The van der Waals surface area contributed by atoms with Crippen molar-refractivity contribution in [3.63, 3.8) is 0 Å². The second-order valence-electron chi connectivity index (χ2n) is 4.54. The fraction of sp³-hybridized carbons (Fsp3) is 0.417. The van der Waals surface area contributed by atoms with Crippen LogP contribution in [0.5, 0.6) is 0 Å². The molecule has 1 aliphatic heterocycles. The first kappa shape index (κ1) is 12.9. The lowest BCUT2D eigenvalue weighted by Gasteiger charge is -2.18. The monoisotopic (exact) mass is 266 g/mol. The van der Waals surface area contributed by atoms with Crippen molar-refractivity contribution in [2.75, 3.05) is 16.8 Å². The van der Waals surface area contributed by atoms with Crippen LogP contribution in [-0.2, 0) is 9.84 Å². The molecule has 2 N–H and O–H groups in total. The van der Waals surface area contributed by atoms with Gasteiger partial charge < -0.3 is 10.4 Å². The summed E-state index contributed by atoms with van der Waals surface area (Å²) >= 11 is 0. The van der Waals surface area contributed by atoms with Crippen LogP contribution in [-0.4, -0.2) is 37.2 Å². The number of benzene rings is 1. The van der Waals surface area contributed by atoms with Crippen molar-refractivity contribution in [3.8, 4) is 6.07 Å². The van der Waals surface area contributed by atoms with Crippen LogP contribution < -0.4 is 5.32 Å². The number of hydrogen-bond acceptors (Lipinski definition) is 5. The third-order valence-corrected chi connectivity index (χ3v) is 4.75. The van der Waals surface area contributed by atoms with E-state index in [1.165, 1.54) is 0 Å². The minimum absolute atomic E-state index is 0.0790. The molecule has 2 rings (SSSR count). The van der Waals surface area contributed by atoms with Crippen LogP contribution in [0.2, 0.25) is 0 Å². The summed E-state index contributed by atoms with van der Waals surface area (Å²) in [5.74, 6) is -0.286. The predicted molar refractivity (Wildman–Crippen MR) is 68.0 cm³/mol. The van der Waals surface area contributed by atoms with Crippen LogP contribution in [0.1, 0.15) is 11.1 Å². The van der Waals surface area contributed by atoms with Crippen molar-refractivity contribution in [2.24, 2.45) is 0 Å². The molecule has 0 spiro atoms. The van der Waals surface area contributed by atoms with Gasteiger partial charge in [-0.3, -0.25) is 0 Å². The van der Waals surface area contributed by atoms with E-state index in [0.29, 0.717) is 11.3 Å². The Morgan fingerprint density at radius 3 is 2.72 bits per heavy atom. The van der Waals surface area contributed by atoms with E-state index < -0.39 is 22.0 Å². The molecule has 2 atom stereocenters. The molecular formula is C12H14N2O3S. The SMILES string of the molecule is Cc1ccc(C#N)cc1NC1CS(=O)(=O)CC1O. The molecular weight excluding hydrogens is 252 g/mol. The summed E-state index contributed by atoms with van der Waals surface area (Å²) in [6, 6.07) is 6.66. The molecule has 1 aromatic carbocycles. The van der Waals surface area contributed by atoms with Crippen molar-refractivity contribution in [1.82, 2.24) is 0 Å². The molecule has 18 heavy (non-hydrogen) atoms. The Balaban J connectivity index is 2.23. The number of anilines is 1. The van der Waals surface area contributed by atoms with Gasteiger partial charge in [0.25, 0.3) is 0 Å². The number of sulfone groups is 1. The maximum Gasteiger partial charge on any atom is 0.155 e. The molecule has 0 radical (unpaired) electrons. The van der Waals surface area contributed by atoms with Gasteiger partial charge in [-0.15, -0.1) is 0 Å². The number of nitriles is 1. The van der Waals surface area contributed by atoms with Gasteiger partial charge >= 0.3 is 0 Å². The van der Waals surface area contributed by atoms with E-state index in [2.05, 4.69) is 5.32 Å². The summed E-state index contributed by atoms with van der Waals surface area (Å²) in [5, 5.41) is 21.5. The first-order valence-electron chi connectivity index (χ1n) is 5.57. The third-order valence-electron chi connectivity index (χ3n) is 3.03. The highest BCUT2D eigenvalue weighted by atomic mass is 32.2. The lowest BCUT2D eigenvalue weighted by molar-refractivity contribution is 0.190. The van der Waals surface area contributed by atoms with Gasteiger partial charge in [-0.05, 0) is 24.6 Å². The van der Waals surface area contributed by atoms with Crippen molar-refractivity contribution >= 4 is 15.5 Å². The van der Waals surface area contributed by atoms with Crippen LogP contribution in [0.25, 0.3) is 0 Å². The number of hydrogen-bond donors (Lipinski definition) is 2. The van der Waals surface area contributed by atoms with Gasteiger partial charge in [0.05, 0.1) is 35.3 Å². The molecule has 1 saturated heterocycles. The van der Waals surface area contributed by atoms with Crippen LogP contribution >= 0.6 is 0 Å². The highest BCUT2D eigenvalue weighted by Crippen LogP contribution is 2.22. The second-order valence-corrected chi connectivity index (χ2v) is 6.69. The van der Waals surface area contributed by atoms with Gasteiger partial charge in [0, 0.05) is 5.69 Å². The Morgan fingerprint density at radius 1 is 1.44 bits per heavy atom. The number of rotatable bonds is 2. The van der Waals surface area contributed by atoms with Crippen molar-refractivity contribution in [1.29, 1.82) is 5.26 Å². The Bertz CT molecular complexity index is 604. The number of aliphatic hydroxyl groups is 1.